The first kappa shape index (κ1) is 16.0. The van der Waals surface area contributed by atoms with Crippen LogP contribution in [0.2, 0.25) is 0 Å². The van der Waals surface area contributed by atoms with Crippen LogP contribution in [0.4, 0.5) is 0 Å². The van der Waals surface area contributed by atoms with Crippen LogP contribution in [0, 0.1) is 0 Å². The zero-order valence-electron chi connectivity index (χ0n) is 12.8. The topological polar surface area (TPSA) is 55.8 Å². The predicted octanol–water partition coefficient (Wildman–Crippen LogP) is 2.69. The second-order valence-corrected chi connectivity index (χ2v) is 5.28. The van der Waals surface area contributed by atoms with Crippen LogP contribution in [0.5, 0.6) is 5.75 Å². The Balaban J connectivity index is 2.08. The minimum absolute atomic E-state index is 0.316. The first-order chi connectivity index (χ1) is 10.6. The van der Waals surface area contributed by atoms with E-state index in [4.69, 9.17) is 9.47 Å². The van der Waals surface area contributed by atoms with E-state index in [0.717, 1.165) is 5.56 Å². The van der Waals surface area contributed by atoms with E-state index in [0.29, 0.717) is 17.9 Å². The molecule has 116 valence electrons. The van der Waals surface area contributed by atoms with Crippen molar-refractivity contribution in [1.82, 2.24) is 0 Å². The van der Waals surface area contributed by atoms with Crippen LogP contribution in [0.15, 0.2) is 54.6 Å². The lowest BCUT2D eigenvalue weighted by Crippen LogP contribution is -2.37. The quantitative estimate of drug-likeness (QED) is 0.833. The smallest absolute Gasteiger partial charge is 0.318 e. The molecule has 1 atom stereocenters. The van der Waals surface area contributed by atoms with Gasteiger partial charge in [-0.25, -0.2) is 0 Å². The standard InChI is InChI=1S/C18H20O4/c1-18(13-19,17(20)21-2)15-8-10-16(11-9-15)22-12-14-6-4-3-5-7-14/h3-11,19H,12-13H2,1-2H3. The van der Waals surface area contributed by atoms with Crippen LogP contribution in [-0.4, -0.2) is 24.8 Å². The summed E-state index contributed by atoms with van der Waals surface area (Å²) in [5.41, 5.74) is 0.711. The highest BCUT2D eigenvalue weighted by atomic mass is 16.5. The van der Waals surface area contributed by atoms with Crippen molar-refractivity contribution >= 4 is 5.97 Å². The monoisotopic (exact) mass is 300 g/mol. The lowest BCUT2D eigenvalue weighted by atomic mass is 9.83. The van der Waals surface area contributed by atoms with Crippen LogP contribution in [0.3, 0.4) is 0 Å². The Morgan fingerprint density at radius 2 is 1.73 bits per heavy atom. The van der Waals surface area contributed by atoms with Gasteiger partial charge in [-0.3, -0.25) is 4.79 Å². The summed E-state index contributed by atoms with van der Waals surface area (Å²) in [6.07, 6.45) is 0. The number of hydrogen-bond acceptors (Lipinski definition) is 4. The maximum absolute atomic E-state index is 11.8. The summed E-state index contributed by atoms with van der Waals surface area (Å²) in [5.74, 6) is 0.241. The number of aliphatic hydroxyl groups excluding tert-OH is 1. The van der Waals surface area contributed by atoms with Gasteiger partial charge in [0.2, 0.25) is 0 Å². The van der Waals surface area contributed by atoms with Crippen molar-refractivity contribution in [2.45, 2.75) is 18.9 Å². The van der Waals surface area contributed by atoms with Gasteiger partial charge in [0.25, 0.3) is 0 Å². The lowest BCUT2D eigenvalue weighted by Gasteiger charge is -2.24. The molecule has 4 heteroatoms. The van der Waals surface area contributed by atoms with E-state index in [-0.39, 0.29) is 6.61 Å². The van der Waals surface area contributed by atoms with E-state index in [1.54, 1.807) is 31.2 Å². The number of esters is 1. The number of hydrogen-bond donors (Lipinski definition) is 1. The molecule has 0 fully saturated rings. The lowest BCUT2D eigenvalue weighted by molar-refractivity contribution is -0.148. The number of carbonyl (C=O) groups excluding carboxylic acids is 1. The van der Waals surface area contributed by atoms with Gasteiger partial charge < -0.3 is 14.6 Å². The summed E-state index contributed by atoms with van der Waals surface area (Å²) < 4.78 is 10.5. The molecule has 0 aromatic heterocycles. The maximum atomic E-state index is 11.8. The van der Waals surface area contributed by atoms with Crippen molar-refractivity contribution in [3.63, 3.8) is 0 Å². The molecule has 0 amide bonds. The molecule has 0 saturated carbocycles. The van der Waals surface area contributed by atoms with Crippen molar-refractivity contribution in [2.75, 3.05) is 13.7 Å². The van der Waals surface area contributed by atoms with Gasteiger partial charge in [-0.1, -0.05) is 42.5 Å². The molecule has 1 unspecified atom stereocenters. The third-order valence-corrected chi connectivity index (χ3v) is 3.69. The number of benzene rings is 2. The van der Waals surface area contributed by atoms with E-state index in [9.17, 15) is 9.90 Å². The van der Waals surface area contributed by atoms with Gasteiger partial charge in [-0.05, 0) is 30.2 Å². The van der Waals surface area contributed by atoms with Crippen LogP contribution in [-0.2, 0) is 21.6 Å². The largest absolute Gasteiger partial charge is 0.489 e. The number of rotatable bonds is 6. The Labute approximate surface area is 130 Å². The fourth-order valence-electron chi connectivity index (χ4n) is 2.16. The van der Waals surface area contributed by atoms with E-state index >= 15 is 0 Å². The highest BCUT2D eigenvalue weighted by Crippen LogP contribution is 2.27. The zero-order valence-corrected chi connectivity index (χ0v) is 12.8. The molecule has 1 N–H and O–H groups in total. The van der Waals surface area contributed by atoms with Crippen molar-refractivity contribution in [2.24, 2.45) is 0 Å². The first-order valence-corrected chi connectivity index (χ1v) is 7.06. The molecular formula is C18H20O4. The second-order valence-electron chi connectivity index (χ2n) is 5.28. The van der Waals surface area contributed by atoms with E-state index in [2.05, 4.69) is 0 Å². The molecule has 22 heavy (non-hydrogen) atoms. The van der Waals surface area contributed by atoms with Gasteiger partial charge in [0.05, 0.1) is 13.7 Å². The van der Waals surface area contributed by atoms with Crippen LogP contribution >= 0.6 is 0 Å². The molecule has 0 aliphatic rings. The Morgan fingerprint density at radius 3 is 2.27 bits per heavy atom. The summed E-state index contributed by atoms with van der Waals surface area (Å²) in [4.78, 5) is 11.8. The van der Waals surface area contributed by atoms with Gasteiger partial charge in [0.15, 0.2) is 0 Å². The molecule has 0 spiro atoms. The minimum atomic E-state index is -1.06. The number of carbonyl (C=O) groups is 1. The van der Waals surface area contributed by atoms with Crippen molar-refractivity contribution in [3.8, 4) is 5.75 Å². The second kappa shape index (κ2) is 7.09. The van der Waals surface area contributed by atoms with Gasteiger partial charge in [0, 0.05) is 0 Å². The zero-order chi connectivity index (χ0) is 16.0. The molecule has 2 aromatic carbocycles. The molecule has 0 heterocycles. The molecular weight excluding hydrogens is 280 g/mol. The Hall–Kier alpha value is -2.33. The van der Waals surface area contributed by atoms with Crippen LogP contribution in [0.25, 0.3) is 0 Å². The van der Waals surface area contributed by atoms with Crippen molar-refractivity contribution in [3.05, 3.63) is 65.7 Å². The molecule has 0 saturated heterocycles. The number of ether oxygens (including phenoxy) is 2. The number of aliphatic hydroxyl groups is 1. The number of methoxy groups -OCH3 is 1. The fraction of sp³-hybridized carbons (Fsp3) is 0.278. The molecule has 0 bridgehead atoms. The molecule has 2 aromatic rings. The van der Waals surface area contributed by atoms with E-state index in [1.165, 1.54) is 7.11 Å². The van der Waals surface area contributed by atoms with Gasteiger partial charge >= 0.3 is 5.97 Å². The highest BCUT2D eigenvalue weighted by molar-refractivity contribution is 5.82. The summed E-state index contributed by atoms with van der Waals surface area (Å²) >= 11 is 0. The highest BCUT2D eigenvalue weighted by Gasteiger charge is 2.35. The minimum Gasteiger partial charge on any atom is -0.489 e. The fourth-order valence-corrected chi connectivity index (χ4v) is 2.16. The SMILES string of the molecule is COC(=O)C(C)(CO)c1ccc(OCc2ccccc2)cc1. The Bertz CT molecular complexity index is 607. The third kappa shape index (κ3) is 3.46. The van der Waals surface area contributed by atoms with Crippen LogP contribution in [0.1, 0.15) is 18.1 Å². The van der Waals surface area contributed by atoms with Gasteiger partial charge in [-0.15, -0.1) is 0 Å². The average molecular weight is 300 g/mol. The third-order valence-electron chi connectivity index (χ3n) is 3.69. The van der Waals surface area contributed by atoms with E-state index in [1.807, 2.05) is 30.3 Å². The van der Waals surface area contributed by atoms with Gasteiger partial charge in [0.1, 0.15) is 17.8 Å². The summed E-state index contributed by atoms with van der Waals surface area (Å²) in [5, 5.41) is 9.53. The summed E-state index contributed by atoms with van der Waals surface area (Å²) in [6.45, 7) is 1.82. The average Bonchev–Trinajstić information content (AvgIpc) is 2.59. The van der Waals surface area contributed by atoms with Crippen molar-refractivity contribution < 1.29 is 19.4 Å². The van der Waals surface area contributed by atoms with Crippen molar-refractivity contribution in [1.29, 1.82) is 0 Å². The predicted molar refractivity (Wildman–Crippen MR) is 83.7 cm³/mol. The van der Waals surface area contributed by atoms with Gasteiger partial charge in [-0.2, -0.15) is 0 Å². The Kier molecular flexibility index (Phi) is 5.17. The molecule has 0 aliphatic carbocycles. The maximum Gasteiger partial charge on any atom is 0.318 e. The Morgan fingerprint density at radius 1 is 1.09 bits per heavy atom. The molecule has 2 rings (SSSR count). The molecule has 0 aliphatic heterocycles. The van der Waals surface area contributed by atoms with E-state index < -0.39 is 11.4 Å². The normalized spacial score (nSPS) is 13.2. The molecule has 4 nitrogen and oxygen atoms in total. The first-order valence-electron chi connectivity index (χ1n) is 7.06. The summed E-state index contributed by atoms with van der Waals surface area (Å²) in [6, 6.07) is 17.0. The van der Waals surface area contributed by atoms with Crippen LogP contribution < -0.4 is 4.74 Å². The molecule has 0 radical (unpaired) electrons. The summed E-state index contributed by atoms with van der Waals surface area (Å²) in [7, 11) is 1.31.